The van der Waals surface area contributed by atoms with Crippen LogP contribution in [0.4, 0.5) is 0 Å². The number of carboxylic acids is 2. The van der Waals surface area contributed by atoms with Crippen LogP contribution in [0.1, 0.15) is 18.4 Å². The fraction of sp³-hybridized carbons (Fsp3) is 0.429. The van der Waals surface area contributed by atoms with Crippen LogP contribution < -0.4 is 5.73 Å². The van der Waals surface area contributed by atoms with E-state index < -0.39 is 31.3 Å². The molecule has 1 aromatic rings. The summed E-state index contributed by atoms with van der Waals surface area (Å²) in [5.74, 6) is -2.43. The number of hydrogen-bond donors (Lipinski definition) is 4. The minimum atomic E-state index is -3.71. The summed E-state index contributed by atoms with van der Waals surface area (Å²) >= 11 is 0. The molecule has 1 aromatic carbocycles. The molecule has 0 saturated carbocycles. The summed E-state index contributed by atoms with van der Waals surface area (Å²) in [6, 6.07) is 8.75. The molecular formula is C14H20NO6P. The molecule has 5 N–H and O–H groups in total. The Hall–Kier alpha value is -1.69. The van der Waals surface area contributed by atoms with Gasteiger partial charge in [0.05, 0.1) is 6.42 Å². The highest BCUT2D eigenvalue weighted by Gasteiger charge is 2.36. The lowest BCUT2D eigenvalue weighted by molar-refractivity contribution is -0.143. The van der Waals surface area contributed by atoms with Crippen molar-refractivity contribution in [3.63, 3.8) is 0 Å². The van der Waals surface area contributed by atoms with Gasteiger partial charge in [-0.25, -0.2) is 0 Å². The monoisotopic (exact) mass is 329 g/mol. The molecule has 0 spiro atoms. The molecule has 7 nitrogen and oxygen atoms in total. The standard InChI is InChI=1S/C14H20NO6P/c15-14(13(18)19,10-11-4-2-1-3-5-11)7-9-22(20,21)8-6-12(16)17/h1-5H,6-10,15H2,(H,16,17)(H,18,19)(H,20,21)/t14-/m1/s1. The quantitative estimate of drug-likeness (QED) is 0.498. The normalized spacial score (nSPS) is 16.5. The number of carboxylic acid groups (broad SMARTS) is 2. The first-order valence-electron chi connectivity index (χ1n) is 6.73. The van der Waals surface area contributed by atoms with Gasteiger partial charge in [-0.05, 0) is 12.0 Å². The molecule has 0 aliphatic rings. The van der Waals surface area contributed by atoms with Crippen molar-refractivity contribution in [2.45, 2.75) is 24.8 Å². The van der Waals surface area contributed by atoms with E-state index in [9.17, 15) is 24.2 Å². The van der Waals surface area contributed by atoms with E-state index in [-0.39, 0.29) is 25.2 Å². The molecule has 0 bridgehead atoms. The third-order valence-electron chi connectivity index (χ3n) is 3.37. The van der Waals surface area contributed by atoms with Crippen LogP contribution in [0.5, 0.6) is 0 Å². The lowest BCUT2D eigenvalue weighted by atomic mass is 9.89. The van der Waals surface area contributed by atoms with Gasteiger partial charge in [0.2, 0.25) is 7.37 Å². The lowest BCUT2D eigenvalue weighted by Gasteiger charge is -2.26. The van der Waals surface area contributed by atoms with E-state index in [1.54, 1.807) is 30.3 Å². The van der Waals surface area contributed by atoms with E-state index in [4.69, 9.17) is 10.8 Å². The number of hydrogen-bond acceptors (Lipinski definition) is 4. The van der Waals surface area contributed by atoms with E-state index in [0.717, 1.165) is 0 Å². The Morgan fingerprint density at radius 1 is 1.14 bits per heavy atom. The molecule has 8 heteroatoms. The molecule has 0 aliphatic carbocycles. The predicted octanol–water partition coefficient (Wildman–Crippen LogP) is 1.15. The molecule has 0 radical (unpaired) electrons. The van der Waals surface area contributed by atoms with Gasteiger partial charge in [0.1, 0.15) is 5.54 Å². The van der Waals surface area contributed by atoms with E-state index in [0.29, 0.717) is 5.56 Å². The summed E-state index contributed by atoms with van der Waals surface area (Å²) in [5, 5.41) is 17.9. The van der Waals surface area contributed by atoms with E-state index in [2.05, 4.69) is 0 Å². The summed E-state index contributed by atoms with van der Waals surface area (Å²) in [5.41, 5.74) is 4.94. The van der Waals surface area contributed by atoms with Gasteiger partial charge in [-0.1, -0.05) is 30.3 Å². The molecular weight excluding hydrogens is 309 g/mol. The zero-order chi connectivity index (χ0) is 16.8. The van der Waals surface area contributed by atoms with E-state index in [1.807, 2.05) is 0 Å². The van der Waals surface area contributed by atoms with Gasteiger partial charge in [0, 0.05) is 18.7 Å². The molecule has 22 heavy (non-hydrogen) atoms. The summed E-state index contributed by atoms with van der Waals surface area (Å²) < 4.78 is 11.9. The summed E-state index contributed by atoms with van der Waals surface area (Å²) in [6.07, 6.45) is -1.32. The summed E-state index contributed by atoms with van der Waals surface area (Å²) in [6.45, 7) is 0. The van der Waals surface area contributed by atoms with Crippen molar-refractivity contribution in [2.75, 3.05) is 12.3 Å². The molecule has 2 atom stereocenters. The van der Waals surface area contributed by atoms with Crippen LogP contribution in [0.15, 0.2) is 30.3 Å². The summed E-state index contributed by atoms with van der Waals surface area (Å²) in [7, 11) is -3.71. The SMILES string of the molecule is N[C@](CCP(=O)(O)CCC(=O)O)(Cc1ccccc1)C(=O)O. The van der Waals surface area contributed by atoms with Crippen LogP contribution in [0.2, 0.25) is 0 Å². The van der Waals surface area contributed by atoms with Crippen LogP contribution in [-0.2, 0) is 20.6 Å². The first-order chi connectivity index (χ1) is 10.1. The van der Waals surface area contributed by atoms with Gasteiger partial charge in [-0.3, -0.25) is 14.2 Å². The maximum Gasteiger partial charge on any atom is 0.324 e. The van der Waals surface area contributed by atoms with Crippen molar-refractivity contribution >= 4 is 19.3 Å². The number of nitrogens with two attached hydrogens (primary N) is 1. The minimum absolute atomic E-state index is 0.0299. The third kappa shape index (κ3) is 5.97. The van der Waals surface area contributed by atoms with E-state index >= 15 is 0 Å². The fourth-order valence-corrected chi connectivity index (χ4v) is 3.50. The lowest BCUT2D eigenvalue weighted by Crippen LogP contribution is -2.50. The van der Waals surface area contributed by atoms with Crippen molar-refractivity contribution in [3.05, 3.63) is 35.9 Å². The van der Waals surface area contributed by atoms with Crippen molar-refractivity contribution in [2.24, 2.45) is 5.73 Å². The van der Waals surface area contributed by atoms with Gasteiger partial charge < -0.3 is 20.8 Å². The highest BCUT2D eigenvalue weighted by atomic mass is 31.2. The maximum absolute atomic E-state index is 11.9. The van der Waals surface area contributed by atoms with Crippen LogP contribution in [0.3, 0.4) is 0 Å². The molecule has 122 valence electrons. The van der Waals surface area contributed by atoms with E-state index in [1.165, 1.54) is 0 Å². The number of benzene rings is 1. The second-order valence-electron chi connectivity index (χ2n) is 5.31. The highest BCUT2D eigenvalue weighted by Crippen LogP contribution is 2.43. The maximum atomic E-state index is 11.9. The van der Waals surface area contributed by atoms with Crippen molar-refractivity contribution in [1.82, 2.24) is 0 Å². The number of carbonyl (C=O) groups is 2. The molecule has 0 saturated heterocycles. The Morgan fingerprint density at radius 3 is 2.23 bits per heavy atom. The van der Waals surface area contributed by atoms with Gasteiger partial charge >= 0.3 is 11.9 Å². The molecule has 0 fully saturated rings. The second kappa shape index (κ2) is 7.54. The average molecular weight is 329 g/mol. The fourth-order valence-electron chi connectivity index (χ4n) is 1.99. The number of rotatable bonds is 9. The summed E-state index contributed by atoms with van der Waals surface area (Å²) in [4.78, 5) is 31.6. The van der Waals surface area contributed by atoms with Gasteiger partial charge in [-0.15, -0.1) is 0 Å². The van der Waals surface area contributed by atoms with Crippen LogP contribution in [0.25, 0.3) is 0 Å². The predicted molar refractivity (Wildman–Crippen MR) is 81.1 cm³/mol. The first kappa shape index (κ1) is 18.4. The van der Waals surface area contributed by atoms with Crippen molar-refractivity contribution < 1.29 is 29.3 Å². The molecule has 0 heterocycles. The van der Waals surface area contributed by atoms with Crippen molar-refractivity contribution in [3.8, 4) is 0 Å². The van der Waals surface area contributed by atoms with Gasteiger partial charge in [0.15, 0.2) is 0 Å². The first-order valence-corrected chi connectivity index (χ1v) is 8.76. The highest BCUT2D eigenvalue weighted by molar-refractivity contribution is 7.58. The van der Waals surface area contributed by atoms with Crippen molar-refractivity contribution in [1.29, 1.82) is 0 Å². The minimum Gasteiger partial charge on any atom is -0.481 e. The second-order valence-corrected chi connectivity index (χ2v) is 7.90. The molecule has 1 rings (SSSR count). The molecule has 0 aliphatic heterocycles. The Balaban J connectivity index is 2.73. The topological polar surface area (TPSA) is 138 Å². The molecule has 0 amide bonds. The average Bonchev–Trinajstić information content (AvgIpc) is 2.44. The third-order valence-corrected chi connectivity index (χ3v) is 5.22. The largest absolute Gasteiger partial charge is 0.481 e. The van der Waals surface area contributed by atoms with Crippen LogP contribution in [0, 0.1) is 0 Å². The Labute approximate surface area is 128 Å². The molecule has 0 aromatic heterocycles. The smallest absolute Gasteiger partial charge is 0.324 e. The number of aliphatic carboxylic acids is 2. The molecule has 1 unspecified atom stereocenters. The Morgan fingerprint density at radius 2 is 1.73 bits per heavy atom. The van der Waals surface area contributed by atoms with Gasteiger partial charge in [0.25, 0.3) is 0 Å². The van der Waals surface area contributed by atoms with Gasteiger partial charge in [-0.2, -0.15) is 0 Å². The van der Waals surface area contributed by atoms with Crippen LogP contribution >= 0.6 is 7.37 Å². The zero-order valence-electron chi connectivity index (χ0n) is 12.0. The Bertz CT molecular complexity index is 576. The van der Waals surface area contributed by atoms with Crippen LogP contribution in [-0.4, -0.2) is 44.9 Å². The zero-order valence-corrected chi connectivity index (χ0v) is 12.9. The Kier molecular flexibility index (Phi) is 6.29.